The number of rotatable bonds is 5. The van der Waals surface area contributed by atoms with Crippen molar-refractivity contribution in [3.63, 3.8) is 0 Å². The lowest BCUT2D eigenvalue weighted by atomic mass is 10.1. The first kappa shape index (κ1) is 19.2. The number of aryl methyl sites for hydroxylation is 1. The van der Waals surface area contributed by atoms with Gasteiger partial charge in [-0.1, -0.05) is 6.07 Å². The number of carboxylic acid groups (broad SMARTS) is 1. The zero-order chi connectivity index (χ0) is 19.3. The number of carbonyl (C=O) groups is 2. The Morgan fingerprint density at radius 1 is 1.00 bits per heavy atom. The Morgan fingerprint density at radius 3 is 2.15 bits per heavy atom. The second-order valence-electron chi connectivity index (χ2n) is 5.34. The highest BCUT2D eigenvalue weighted by Crippen LogP contribution is 2.22. The van der Waals surface area contributed by atoms with Crippen LogP contribution in [0.3, 0.4) is 0 Å². The third kappa shape index (κ3) is 4.70. The van der Waals surface area contributed by atoms with Crippen molar-refractivity contribution in [1.29, 1.82) is 0 Å². The van der Waals surface area contributed by atoms with Crippen LogP contribution in [0.4, 0.5) is 5.69 Å². The highest BCUT2D eigenvalue weighted by atomic mass is 32.1. The number of amides is 1. The Morgan fingerprint density at radius 2 is 1.62 bits per heavy atom. The van der Waals surface area contributed by atoms with Gasteiger partial charge < -0.3 is 19.9 Å². The topological polar surface area (TPSA) is 96.9 Å². The molecule has 7 nitrogen and oxygen atoms in total. The molecule has 0 saturated heterocycles. The molecule has 0 aliphatic rings. The molecule has 3 N–H and O–H groups in total. The summed E-state index contributed by atoms with van der Waals surface area (Å²) in [6.07, 6.45) is 0. The third-order valence-electron chi connectivity index (χ3n) is 3.57. The van der Waals surface area contributed by atoms with Crippen molar-refractivity contribution in [3.8, 4) is 11.5 Å². The Balaban J connectivity index is 2.14. The lowest BCUT2D eigenvalue weighted by molar-refractivity contribution is 0.0696. The van der Waals surface area contributed by atoms with E-state index in [9.17, 15) is 9.59 Å². The summed E-state index contributed by atoms with van der Waals surface area (Å²) in [5.41, 5.74) is 1.71. The SMILES string of the molecule is COc1cc(OC)cc(C(=O)NC(=S)Nc2cc(C(=O)O)ccc2C)c1. The van der Waals surface area contributed by atoms with E-state index in [1.54, 1.807) is 31.2 Å². The number of hydrogen-bond acceptors (Lipinski definition) is 5. The molecule has 0 saturated carbocycles. The number of hydrogen-bond donors (Lipinski definition) is 3. The Kier molecular flexibility index (Phi) is 6.13. The van der Waals surface area contributed by atoms with Crippen LogP contribution in [0.2, 0.25) is 0 Å². The smallest absolute Gasteiger partial charge is 0.335 e. The molecule has 0 atom stereocenters. The van der Waals surface area contributed by atoms with Crippen LogP contribution >= 0.6 is 12.2 Å². The van der Waals surface area contributed by atoms with Gasteiger partial charge in [0.05, 0.1) is 19.8 Å². The van der Waals surface area contributed by atoms with Gasteiger partial charge in [-0.25, -0.2) is 4.79 Å². The van der Waals surface area contributed by atoms with Gasteiger partial charge in [0.1, 0.15) is 11.5 Å². The number of benzene rings is 2. The van der Waals surface area contributed by atoms with Gasteiger partial charge in [0, 0.05) is 17.3 Å². The predicted molar refractivity (Wildman–Crippen MR) is 101 cm³/mol. The molecule has 8 heteroatoms. The minimum atomic E-state index is -1.05. The number of aromatic carboxylic acids is 1. The van der Waals surface area contributed by atoms with Gasteiger partial charge >= 0.3 is 5.97 Å². The normalized spacial score (nSPS) is 9.96. The zero-order valence-electron chi connectivity index (χ0n) is 14.5. The lowest BCUT2D eigenvalue weighted by Crippen LogP contribution is -2.34. The fourth-order valence-electron chi connectivity index (χ4n) is 2.16. The van der Waals surface area contributed by atoms with Crippen LogP contribution in [0.15, 0.2) is 36.4 Å². The quantitative estimate of drug-likeness (QED) is 0.693. The molecular formula is C18H18N2O5S. The lowest BCUT2D eigenvalue weighted by Gasteiger charge is -2.13. The molecule has 2 aromatic carbocycles. The van der Waals surface area contributed by atoms with Gasteiger partial charge in [-0.3, -0.25) is 10.1 Å². The number of carboxylic acids is 1. The average Bonchev–Trinajstić information content (AvgIpc) is 2.62. The monoisotopic (exact) mass is 374 g/mol. The average molecular weight is 374 g/mol. The summed E-state index contributed by atoms with van der Waals surface area (Å²) < 4.78 is 10.3. The molecular weight excluding hydrogens is 356 g/mol. The molecule has 0 aromatic heterocycles. The fraction of sp³-hybridized carbons (Fsp3) is 0.167. The van der Waals surface area contributed by atoms with Crippen molar-refractivity contribution in [1.82, 2.24) is 5.32 Å². The van der Waals surface area contributed by atoms with Gasteiger partial charge in [-0.2, -0.15) is 0 Å². The standard InChI is InChI=1S/C18H18N2O5S/c1-10-4-5-11(17(22)23)8-15(10)19-18(26)20-16(21)12-6-13(24-2)9-14(7-12)25-3/h4-9H,1-3H3,(H,22,23)(H2,19,20,21,26). The summed E-state index contributed by atoms with van der Waals surface area (Å²) >= 11 is 5.15. The van der Waals surface area contributed by atoms with E-state index in [-0.39, 0.29) is 10.7 Å². The number of ether oxygens (including phenoxy) is 2. The Bertz CT molecular complexity index is 844. The second-order valence-corrected chi connectivity index (χ2v) is 5.75. The summed E-state index contributed by atoms with van der Waals surface area (Å²) in [6, 6.07) is 9.35. The number of nitrogens with one attached hydrogen (secondary N) is 2. The van der Waals surface area contributed by atoms with Crippen LogP contribution in [0, 0.1) is 6.92 Å². The van der Waals surface area contributed by atoms with Crippen LogP contribution < -0.4 is 20.1 Å². The maximum absolute atomic E-state index is 12.4. The van der Waals surface area contributed by atoms with Crippen LogP contribution in [0.5, 0.6) is 11.5 Å². The number of thiocarbonyl (C=S) groups is 1. The van der Waals surface area contributed by atoms with Crippen molar-refractivity contribution in [2.75, 3.05) is 19.5 Å². The fourth-order valence-corrected chi connectivity index (χ4v) is 2.36. The number of methoxy groups -OCH3 is 2. The molecule has 0 aliphatic heterocycles. The van der Waals surface area contributed by atoms with Crippen LogP contribution in [-0.4, -0.2) is 36.3 Å². The number of carbonyl (C=O) groups excluding carboxylic acids is 1. The van der Waals surface area contributed by atoms with Gasteiger partial charge in [0.2, 0.25) is 0 Å². The summed E-state index contributed by atoms with van der Waals surface area (Å²) in [5, 5.41) is 14.5. The molecule has 26 heavy (non-hydrogen) atoms. The predicted octanol–water partition coefficient (Wildman–Crippen LogP) is 2.84. The highest BCUT2D eigenvalue weighted by Gasteiger charge is 2.13. The van der Waals surface area contributed by atoms with Crippen LogP contribution in [-0.2, 0) is 0 Å². The van der Waals surface area contributed by atoms with Crippen molar-refractivity contribution < 1.29 is 24.2 Å². The van der Waals surface area contributed by atoms with E-state index in [1.165, 1.54) is 26.4 Å². The van der Waals surface area contributed by atoms with E-state index in [0.717, 1.165) is 5.56 Å². The summed E-state index contributed by atoms with van der Waals surface area (Å²) in [7, 11) is 2.97. The summed E-state index contributed by atoms with van der Waals surface area (Å²) in [6.45, 7) is 1.80. The van der Waals surface area contributed by atoms with Gasteiger partial charge in [-0.05, 0) is 49.0 Å². The Hall–Kier alpha value is -3.13. The van der Waals surface area contributed by atoms with Crippen molar-refractivity contribution in [2.45, 2.75) is 6.92 Å². The zero-order valence-corrected chi connectivity index (χ0v) is 15.3. The van der Waals surface area contributed by atoms with Gasteiger partial charge in [-0.15, -0.1) is 0 Å². The highest BCUT2D eigenvalue weighted by molar-refractivity contribution is 7.80. The largest absolute Gasteiger partial charge is 0.497 e. The molecule has 0 aliphatic carbocycles. The van der Waals surface area contributed by atoms with Crippen molar-refractivity contribution in [3.05, 3.63) is 53.1 Å². The van der Waals surface area contributed by atoms with Crippen molar-refractivity contribution in [2.24, 2.45) is 0 Å². The van der Waals surface area contributed by atoms with E-state index in [1.807, 2.05) is 0 Å². The molecule has 1 amide bonds. The molecule has 2 rings (SSSR count). The second kappa shape index (κ2) is 8.30. The summed E-state index contributed by atoms with van der Waals surface area (Å²) in [5.74, 6) is -0.560. The molecule has 0 unspecified atom stereocenters. The number of anilines is 1. The van der Waals surface area contributed by atoms with Gasteiger partial charge in [0.15, 0.2) is 5.11 Å². The van der Waals surface area contributed by atoms with E-state index >= 15 is 0 Å². The van der Waals surface area contributed by atoms with Crippen LogP contribution in [0.1, 0.15) is 26.3 Å². The maximum atomic E-state index is 12.4. The maximum Gasteiger partial charge on any atom is 0.335 e. The van der Waals surface area contributed by atoms with Crippen LogP contribution in [0.25, 0.3) is 0 Å². The van der Waals surface area contributed by atoms with E-state index in [2.05, 4.69) is 10.6 Å². The minimum absolute atomic E-state index is 0.0439. The Labute approximate surface area is 155 Å². The molecule has 0 heterocycles. The molecule has 0 radical (unpaired) electrons. The van der Waals surface area contributed by atoms with E-state index in [0.29, 0.717) is 22.7 Å². The molecule has 0 spiro atoms. The first-order valence-electron chi connectivity index (χ1n) is 7.53. The van der Waals surface area contributed by atoms with E-state index in [4.69, 9.17) is 26.8 Å². The third-order valence-corrected chi connectivity index (χ3v) is 3.78. The molecule has 0 fully saturated rings. The van der Waals surface area contributed by atoms with Gasteiger partial charge in [0.25, 0.3) is 5.91 Å². The van der Waals surface area contributed by atoms with Crippen molar-refractivity contribution >= 4 is 34.9 Å². The first-order valence-corrected chi connectivity index (χ1v) is 7.94. The minimum Gasteiger partial charge on any atom is -0.497 e. The molecule has 0 bridgehead atoms. The first-order chi connectivity index (χ1) is 12.3. The molecule has 2 aromatic rings. The summed E-state index contributed by atoms with van der Waals surface area (Å²) in [4.78, 5) is 23.5. The van der Waals surface area contributed by atoms with E-state index < -0.39 is 11.9 Å². The molecule has 136 valence electrons.